The Balaban J connectivity index is 0.00000168. The van der Waals surface area contributed by atoms with Crippen molar-refractivity contribution in [3.05, 3.63) is 100 Å². The van der Waals surface area contributed by atoms with Crippen molar-refractivity contribution in [2.45, 2.75) is 73.0 Å². The third-order valence-electron chi connectivity index (χ3n) is 6.89. The summed E-state index contributed by atoms with van der Waals surface area (Å²) in [6.45, 7) is 15.0. The quantitative estimate of drug-likeness (QED) is 0.127. The van der Waals surface area contributed by atoms with Crippen molar-refractivity contribution in [1.29, 1.82) is 0 Å². The van der Waals surface area contributed by atoms with Gasteiger partial charge in [0.1, 0.15) is 6.10 Å². The van der Waals surface area contributed by atoms with Crippen LogP contribution in [0.15, 0.2) is 89.3 Å². The molecule has 1 aliphatic carbocycles. The summed E-state index contributed by atoms with van der Waals surface area (Å²) in [5.74, 6) is -1.47. The zero-order valence-electron chi connectivity index (χ0n) is 28.7. The average Bonchev–Trinajstić information content (AvgIpc) is 3.29. The van der Waals surface area contributed by atoms with Gasteiger partial charge in [0.25, 0.3) is 11.9 Å². The molecule has 3 atom stereocenters. The van der Waals surface area contributed by atoms with Crippen molar-refractivity contribution >= 4 is 29.3 Å². The number of ketones is 1. The second kappa shape index (κ2) is 22.9. The van der Waals surface area contributed by atoms with Crippen molar-refractivity contribution < 1.29 is 39.5 Å². The van der Waals surface area contributed by atoms with Crippen LogP contribution in [0.3, 0.4) is 0 Å². The molecule has 0 spiro atoms. The van der Waals surface area contributed by atoms with Crippen molar-refractivity contribution in [3.63, 3.8) is 0 Å². The lowest BCUT2D eigenvalue weighted by Gasteiger charge is -2.33. The molecule has 4 N–H and O–H groups in total. The number of ether oxygens (including phenoxy) is 1. The molecule has 9 nitrogen and oxygen atoms in total. The molecule has 1 aromatic rings. The van der Waals surface area contributed by atoms with Crippen LogP contribution >= 0.6 is 11.6 Å². The number of halogens is 1. The molecule has 0 fully saturated rings. The average molecular weight is 674 g/mol. The van der Waals surface area contributed by atoms with Gasteiger partial charge in [-0.05, 0) is 37.1 Å². The second-order valence-corrected chi connectivity index (χ2v) is 11.9. The third kappa shape index (κ3) is 15.3. The molecule has 2 unspecified atom stereocenters. The summed E-state index contributed by atoms with van der Waals surface area (Å²) in [5, 5.41) is 32.8. The number of allylic oxidation sites excluding steroid dienone is 3. The Morgan fingerprint density at radius 3 is 2.23 bits per heavy atom. The summed E-state index contributed by atoms with van der Waals surface area (Å²) in [4.78, 5) is 37.8. The lowest BCUT2D eigenvalue weighted by Crippen LogP contribution is -2.45. The first-order valence-corrected chi connectivity index (χ1v) is 15.9. The number of hydrogen-bond acceptors (Lipinski definition) is 7. The molecule has 0 saturated heterocycles. The largest absolute Gasteiger partial charge is 0.481 e. The number of carboxylic acids is 1. The van der Waals surface area contributed by atoms with Crippen LogP contribution in [0.4, 0.5) is 0 Å². The van der Waals surface area contributed by atoms with Crippen LogP contribution < -0.4 is 0 Å². The predicted molar refractivity (Wildman–Crippen MR) is 187 cm³/mol. The van der Waals surface area contributed by atoms with E-state index in [0.717, 1.165) is 32.4 Å². The SMILES string of the molecule is C/C=C\CO.C=CC(C)C1O[C@H](CC(=O)c2ccc(CCC)cc2)C(=O)N(CC(C)(C)CO)C2=C1C=C=C(Cl)C=C2.CC(=O)O.CO. The molecule has 47 heavy (non-hydrogen) atoms. The molecule has 1 aromatic carbocycles. The number of aliphatic hydroxyl groups excluding tert-OH is 3. The Hall–Kier alpha value is -3.56. The van der Waals surface area contributed by atoms with Gasteiger partial charge in [-0.2, -0.15) is 0 Å². The maximum absolute atomic E-state index is 13.9. The first-order valence-electron chi connectivity index (χ1n) is 15.5. The van der Waals surface area contributed by atoms with Gasteiger partial charge >= 0.3 is 0 Å². The number of Topliss-reactive ketones (excluding diaryl/α,β-unsaturated/α-hetero) is 1. The maximum atomic E-state index is 13.9. The van der Waals surface area contributed by atoms with E-state index >= 15 is 0 Å². The Kier molecular flexibility index (Phi) is 21.1. The van der Waals surface area contributed by atoms with Crippen molar-refractivity contribution in [3.8, 4) is 0 Å². The molecule has 1 aliphatic heterocycles. The van der Waals surface area contributed by atoms with E-state index in [1.165, 1.54) is 5.56 Å². The lowest BCUT2D eigenvalue weighted by atomic mass is 9.92. The molecule has 0 saturated carbocycles. The molecule has 0 bridgehead atoms. The zero-order valence-corrected chi connectivity index (χ0v) is 29.5. The van der Waals surface area contributed by atoms with E-state index in [9.17, 15) is 14.7 Å². The zero-order chi connectivity index (χ0) is 36.2. The lowest BCUT2D eigenvalue weighted by molar-refractivity contribution is -0.144. The number of aryl methyl sites for hydroxylation is 1. The number of amides is 1. The number of carboxylic acid groups (broad SMARTS) is 1. The van der Waals surface area contributed by atoms with E-state index in [1.807, 2.05) is 52.0 Å². The minimum atomic E-state index is -0.997. The van der Waals surface area contributed by atoms with Gasteiger partial charge in [0.15, 0.2) is 5.78 Å². The van der Waals surface area contributed by atoms with E-state index in [0.29, 0.717) is 16.3 Å². The molecule has 2 aliphatic rings. The van der Waals surface area contributed by atoms with E-state index in [4.69, 9.17) is 36.5 Å². The smallest absolute Gasteiger partial charge is 0.300 e. The summed E-state index contributed by atoms with van der Waals surface area (Å²) in [5.41, 5.74) is 5.53. The molecule has 0 radical (unpaired) electrons. The van der Waals surface area contributed by atoms with Gasteiger partial charge in [0, 0.05) is 56.1 Å². The summed E-state index contributed by atoms with van der Waals surface area (Å²) in [6.07, 6.45) is 10.8. The highest BCUT2D eigenvalue weighted by Crippen LogP contribution is 2.34. The minimum Gasteiger partial charge on any atom is -0.481 e. The van der Waals surface area contributed by atoms with Gasteiger partial charge in [-0.15, -0.1) is 12.3 Å². The monoisotopic (exact) mass is 673 g/mol. The number of benzene rings is 1. The van der Waals surface area contributed by atoms with Crippen LogP contribution in [0.2, 0.25) is 0 Å². The van der Waals surface area contributed by atoms with Crippen molar-refractivity contribution in [2.24, 2.45) is 11.3 Å². The van der Waals surface area contributed by atoms with Crippen LogP contribution in [-0.2, 0) is 20.7 Å². The van der Waals surface area contributed by atoms with E-state index in [-0.39, 0.29) is 43.8 Å². The fourth-order valence-corrected chi connectivity index (χ4v) is 4.55. The van der Waals surface area contributed by atoms with Gasteiger partial charge in [-0.1, -0.05) is 88.2 Å². The van der Waals surface area contributed by atoms with Crippen LogP contribution in [0.25, 0.3) is 0 Å². The number of nitrogens with zero attached hydrogens (tertiary/aromatic N) is 1. The second-order valence-electron chi connectivity index (χ2n) is 11.5. The van der Waals surface area contributed by atoms with Gasteiger partial charge in [0.05, 0.1) is 23.4 Å². The number of rotatable bonds is 11. The van der Waals surface area contributed by atoms with Crippen LogP contribution in [0.1, 0.15) is 70.3 Å². The number of carbonyl (C=O) groups is 3. The number of carbonyl (C=O) groups excluding carboxylic acids is 2. The van der Waals surface area contributed by atoms with Gasteiger partial charge in [-0.25, -0.2) is 0 Å². The Morgan fingerprint density at radius 2 is 1.77 bits per heavy atom. The molecule has 0 aromatic heterocycles. The van der Waals surface area contributed by atoms with E-state index in [1.54, 1.807) is 41.4 Å². The summed E-state index contributed by atoms with van der Waals surface area (Å²) in [6, 6.07) is 7.55. The van der Waals surface area contributed by atoms with Gasteiger partial charge in [-0.3, -0.25) is 14.4 Å². The normalized spacial score (nSPS) is 17.8. The number of aliphatic hydroxyl groups is 3. The Morgan fingerprint density at radius 1 is 1.17 bits per heavy atom. The molecule has 10 heteroatoms. The van der Waals surface area contributed by atoms with E-state index < -0.39 is 23.6 Å². The molecule has 1 heterocycles. The summed E-state index contributed by atoms with van der Waals surface area (Å²) < 4.78 is 6.41. The maximum Gasteiger partial charge on any atom is 0.300 e. The third-order valence-corrected chi connectivity index (χ3v) is 7.12. The molecule has 3 rings (SSSR count). The van der Waals surface area contributed by atoms with Crippen LogP contribution in [0, 0.1) is 11.3 Å². The minimum absolute atomic E-state index is 0.0903. The standard InChI is InChI=1S/C30H36ClNO4.C4H8O.C2H4O2.CH4O/c1-6-8-21-9-11-22(12-10-21)26(34)17-27-29(35)32(18-30(4,5)19-33)25-16-14-23(31)13-15-24(25)28(36-27)20(3)7-2;1-2-3-4-5;1-2(3)4;1-2/h7,9-12,14-16,20,27-28,33H,2,6,8,17-19H2,1,3-5H3;2-3,5H,4H2,1H3;1H3,(H,3,4);2H,1H3/b;3-2-;;/t20?,27-,28?;;;/m1.../s1. The van der Waals surface area contributed by atoms with E-state index in [2.05, 4.69) is 19.2 Å². The Labute approximate surface area is 284 Å². The number of aliphatic carboxylic acids is 1. The molecule has 1 amide bonds. The molecular formula is C37H52ClNO8. The Bertz CT molecular complexity index is 1320. The van der Waals surface area contributed by atoms with Gasteiger partial charge in [0.2, 0.25) is 0 Å². The fraction of sp³-hybridized carbons (Fsp3) is 0.459. The highest BCUT2D eigenvalue weighted by atomic mass is 35.5. The van der Waals surface area contributed by atoms with Crippen molar-refractivity contribution in [2.75, 3.05) is 26.9 Å². The predicted octanol–water partition coefficient (Wildman–Crippen LogP) is 6.00. The van der Waals surface area contributed by atoms with Crippen molar-refractivity contribution in [1.82, 2.24) is 4.90 Å². The first-order chi connectivity index (χ1) is 22.2. The van der Waals surface area contributed by atoms with Gasteiger partial charge < -0.3 is 30.1 Å². The van der Waals surface area contributed by atoms with Crippen LogP contribution in [-0.4, -0.2) is 82.1 Å². The highest BCUT2D eigenvalue weighted by molar-refractivity contribution is 6.31. The fourth-order valence-electron chi connectivity index (χ4n) is 4.44. The highest BCUT2D eigenvalue weighted by Gasteiger charge is 2.40. The summed E-state index contributed by atoms with van der Waals surface area (Å²) >= 11 is 6.24. The summed E-state index contributed by atoms with van der Waals surface area (Å²) in [7, 11) is 1.00. The topological polar surface area (TPSA) is 145 Å². The van der Waals surface area contributed by atoms with Crippen LogP contribution in [0.5, 0.6) is 0 Å². The molecule has 260 valence electrons. The number of hydrogen-bond donors (Lipinski definition) is 4. The first kappa shape index (κ1) is 43.4. The molecular weight excluding hydrogens is 622 g/mol.